The molecule has 0 aliphatic carbocycles. The van der Waals surface area contributed by atoms with E-state index >= 15 is 0 Å². The van der Waals surface area contributed by atoms with Crippen molar-refractivity contribution >= 4 is 17.4 Å². The van der Waals surface area contributed by atoms with Crippen LogP contribution in [0.15, 0.2) is 11.6 Å². The van der Waals surface area contributed by atoms with Crippen LogP contribution in [0.4, 0.5) is 0 Å². The molecule has 0 bridgehead atoms. The minimum Gasteiger partial charge on any atom is -0.295 e. The van der Waals surface area contributed by atoms with Crippen LogP contribution < -0.4 is 0 Å². The summed E-state index contributed by atoms with van der Waals surface area (Å²) in [5, 5.41) is 0. The van der Waals surface area contributed by atoms with Gasteiger partial charge < -0.3 is 0 Å². The number of ketones is 1. The number of hydrogen-bond donors (Lipinski definition) is 0. The van der Waals surface area contributed by atoms with Gasteiger partial charge in [0, 0.05) is 5.57 Å². The van der Waals surface area contributed by atoms with Crippen molar-refractivity contribution in [3.05, 3.63) is 11.6 Å². The zero-order chi connectivity index (χ0) is 12.2. The number of allylic oxidation sites excluding steroid dienone is 2. The zero-order valence-electron chi connectivity index (χ0n) is 10.7. The fraction of sp³-hybridized carbons (Fsp3) is 0.786. The van der Waals surface area contributed by atoms with Crippen molar-refractivity contribution in [1.29, 1.82) is 0 Å². The summed E-state index contributed by atoms with van der Waals surface area (Å²) in [6, 6.07) is 0. The van der Waals surface area contributed by atoms with E-state index in [1.165, 1.54) is 44.9 Å². The van der Waals surface area contributed by atoms with Crippen LogP contribution in [0.2, 0.25) is 0 Å². The molecule has 2 heteroatoms. The standard InChI is InChI=1S/C14H25ClO/c1-3-4-5-6-7-8-9-10-11-14(12-15)13(2)16/h11H,3-10,12H2,1-2H3/b14-11+. The second-order valence-electron chi connectivity index (χ2n) is 4.33. The predicted octanol–water partition coefficient (Wildman–Crippen LogP) is 4.88. The molecule has 1 nitrogen and oxygen atoms in total. The van der Waals surface area contributed by atoms with Crippen LogP contribution in [0, 0.1) is 0 Å². The van der Waals surface area contributed by atoms with Gasteiger partial charge in [-0.25, -0.2) is 0 Å². The number of hydrogen-bond acceptors (Lipinski definition) is 1. The van der Waals surface area contributed by atoms with Crippen molar-refractivity contribution < 1.29 is 4.79 Å². The summed E-state index contributed by atoms with van der Waals surface area (Å²) in [4.78, 5) is 11.1. The molecule has 0 aromatic heterocycles. The van der Waals surface area contributed by atoms with Gasteiger partial charge in [-0.3, -0.25) is 4.79 Å². The fourth-order valence-corrected chi connectivity index (χ4v) is 1.97. The van der Waals surface area contributed by atoms with Crippen LogP contribution in [0.1, 0.15) is 65.2 Å². The Balaban J connectivity index is 3.41. The lowest BCUT2D eigenvalue weighted by molar-refractivity contribution is -0.113. The minimum atomic E-state index is 0.109. The van der Waals surface area contributed by atoms with Gasteiger partial charge in [0.25, 0.3) is 0 Å². The van der Waals surface area contributed by atoms with Crippen LogP contribution >= 0.6 is 11.6 Å². The van der Waals surface area contributed by atoms with E-state index < -0.39 is 0 Å². The molecule has 0 atom stereocenters. The highest BCUT2D eigenvalue weighted by Crippen LogP contribution is 2.10. The molecule has 0 spiro atoms. The third-order valence-corrected chi connectivity index (χ3v) is 3.08. The summed E-state index contributed by atoms with van der Waals surface area (Å²) in [6.07, 6.45) is 12.2. The van der Waals surface area contributed by atoms with Gasteiger partial charge >= 0.3 is 0 Å². The number of rotatable bonds is 10. The van der Waals surface area contributed by atoms with E-state index in [2.05, 4.69) is 6.92 Å². The monoisotopic (exact) mass is 244 g/mol. The molecule has 94 valence electrons. The Morgan fingerprint density at radius 3 is 2.12 bits per heavy atom. The van der Waals surface area contributed by atoms with E-state index in [1.54, 1.807) is 6.92 Å². The smallest absolute Gasteiger partial charge is 0.156 e. The fourth-order valence-electron chi connectivity index (χ4n) is 1.67. The first-order chi connectivity index (χ1) is 7.72. The Morgan fingerprint density at radius 1 is 1.06 bits per heavy atom. The van der Waals surface area contributed by atoms with Crippen molar-refractivity contribution in [3.8, 4) is 0 Å². The summed E-state index contributed by atoms with van der Waals surface area (Å²) >= 11 is 5.67. The number of unbranched alkanes of at least 4 members (excludes halogenated alkanes) is 7. The number of halogens is 1. The predicted molar refractivity (Wildman–Crippen MR) is 72.1 cm³/mol. The quantitative estimate of drug-likeness (QED) is 0.304. The van der Waals surface area contributed by atoms with Gasteiger partial charge in [-0.1, -0.05) is 51.5 Å². The molecule has 0 saturated carbocycles. The van der Waals surface area contributed by atoms with Gasteiger partial charge in [-0.2, -0.15) is 0 Å². The molecule has 0 heterocycles. The maximum Gasteiger partial charge on any atom is 0.156 e. The number of Topliss-reactive ketones (excluding diaryl/α,β-unsaturated/α-hetero) is 1. The summed E-state index contributed by atoms with van der Waals surface area (Å²) < 4.78 is 0. The molecule has 0 fully saturated rings. The SMILES string of the molecule is CCCCCCCCC/C=C(\CCl)C(C)=O. The third-order valence-electron chi connectivity index (χ3n) is 2.79. The first-order valence-corrected chi connectivity index (χ1v) is 7.01. The summed E-state index contributed by atoms with van der Waals surface area (Å²) in [5.41, 5.74) is 0.771. The molecule has 0 radical (unpaired) electrons. The molecule has 0 N–H and O–H groups in total. The van der Waals surface area contributed by atoms with Crippen molar-refractivity contribution in [1.82, 2.24) is 0 Å². The second-order valence-corrected chi connectivity index (χ2v) is 4.60. The van der Waals surface area contributed by atoms with E-state index in [0.717, 1.165) is 12.0 Å². The Hall–Kier alpha value is -0.300. The zero-order valence-corrected chi connectivity index (χ0v) is 11.5. The molecule has 0 aromatic rings. The number of alkyl halides is 1. The molecule has 0 amide bonds. The average molecular weight is 245 g/mol. The highest BCUT2D eigenvalue weighted by Gasteiger charge is 2.00. The van der Waals surface area contributed by atoms with Crippen LogP contribution in [-0.2, 0) is 4.79 Å². The molecule has 0 aliphatic heterocycles. The highest BCUT2D eigenvalue weighted by atomic mass is 35.5. The molecule has 0 aromatic carbocycles. The van der Waals surface area contributed by atoms with Crippen molar-refractivity contribution in [2.45, 2.75) is 65.2 Å². The van der Waals surface area contributed by atoms with Crippen LogP contribution in [0.25, 0.3) is 0 Å². The van der Waals surface area contributed by atoms with Crippen molar-refractivity contribution in [3.63, 3.8) is 0 Å². The molecule has 0 rings (SSSR count). The Labute approximate surface area is 105 Å². The van der Waals surface area contributed by atoms with Gasteiger partial charge in [-0.05, 0) is 19.8 Å². The van der Waals surface area contributed by atoms with E-state index in [-0.39, 0.29) is 5.78 Å². The lowest BCUT2D eigenvalue weighted by atomic mass is 10.1. The summed E-state index contributed by atoms with van der Waals surface area (Å²) in [7, 11) is 0. The molecule has 0 aliphatic rings. The molecule has 16 heavy (non-hydrogen) atoms. The first kappa shape index (κ1) is 15.7. The lowest BCUT2D eigenvalue weighted by Gasteiger charge is -2.00. The van der Waals surface area contributed by atoms with Crippen molar-refractivity contribution in [2.24, 2.45) is 0 Å². The van der Waals surface area contributed by atoms with E-state index in [9.17, 15) is 4.79 Å². The first-order valence-electron chi connectivity index (χ1n) is 6.48. The van der Waals surface area contributed by atoms with Gasteiger partial charge in [0.1, 0.15) is 0 Å². The highest BCUT2D eigenvalue weighted by molar-refractivity contribution is 6.22. The topological polar surface area (TPSA) is 17.1 Å². The lowest BCUT2D eigenvalue weighted by Crippen LogP contribution is -1.97. The second kappa shape index (κ2) is 11.2. The van der Waals surface area contributed by atoms with E-state index in [0.29, 0.717) is 5.88 Å². The minimum absolute atomic E-state index is 0.109. The maximum atomic E-state index is 11.1. The van der Waals surface area contributed by atoms with Gasteiger partial charge in [0.2, 0.25) is 0 Å². The van der Waals surface area contributed by atoms with Gasteiger partial charge in [0.15, 0.2) is 5.78 Å². The van der Waals surface area contributed by atoms with Crippen LogP contribution in [0.5, 0.6) is 0 Å². The molecule has 0 saturated heterocycles. The maximum absolute atomic E-state index is 11.1. The normalized spacial score (nSPS) is 11.8. The molecule has 0 unspecified atom stereocenters. The van der Waals surface area contributed by atoms with Crippen LogP contribution in [0.3, 0.4) is 0 Å². The molecular formula is C14H25ClO. The van der Waals surface area contributed by atoms with E-state index in [4.69, 9.17) is 11.6 Å². The van der Waals surface area contributed by atoms with Gasteiger partial charge in [0.05, 0.1) is 5.88 Å². The van der Waals surface area contributed by atoms with Crippen LogP contribution in [-0.4, -0.2) is 11.7 Å². The molecular weight excluding hydrogens is 220 g/mol. The largest absolute Gasteiger partial charge is 0.295 e. The summed E-state index contributed by atoms with van der Waals surface area (Å²) in [6.45, 7) is 3.82. The Bertz CT molecular complexity index is 209. The van der Waals surface area contributed by atoms with E-state index in [1.807, 2.05) is 6.08 Å². The Kier molecular flexibility index (Phi) is 11.0. The summed E-state index contributed by atoms with van der Waals surface area (Å²) in [5.74, 6) is 0.462. The Morgan fingerprint density at radius 2 is 1.62 bits per heavy atom. The average Bonchev–Trinajstić information content (AvgIpc) is 2.26. The third kappa shape index (κ3) is 8.96. The number of carbonyl (C=O) groups is 1. The number of carbonyl (C=O) groups excluding carboxylic acids is 1. The van der Waals surface area contributed by atoms with Crippen molar-refractivity contribution in [2.75, 3.05) is 5.88 Å². The van der Waals surface area contributed by atoms with Gasteiger partial charge in [-0.15, -0.1) is 11.6 Å².